The average Bonchev–Trinajstić information content (AvgIpc) is 2.79. The first-order valence-electron chi connectivity index (χ1n) is 11.4. The molecule has 166 valence electrons. The topological polar surface area (TPSA) is 69.8 Å². The van der Waals surface area contributed by atoms with Crippen LogP contribution in [0.5, 0.6) is 0 Å². The smallest absolute Gasteiger partial charge is 0.276 e. The Bertz CT molecular complexity index is 1390. The van der Waals surface area contributed by atoms with Gasteiger partial charge in [0.15, 0.2) is 11.2 Å². The molecule has 0 fully saturated rings. The monoisotopic (exact) mass is 430 g/mol. The van der Waals surface area contributed by atoms with E-state index in [2.05, 4.69) is 37.3 Å². The summed E-state index contributed by atoms with van der Waals surface area (Å²) in [6, 6.07) is 14.6. The van der Waals surface area contributed by atoms with E-state index in [4.69, 9.17) is 9.97 Å². The van der Waals surface area contributed by atoms with Crippen LogP contribution in [-0.4, -0.2) is 19.1 Å². The quantitative estimate of drug-likeness (QED) is 0.440. The van der Waals surface area contributed by atoms with E-state index in [0.717, 1.165) is 40.8 Å². The molecule has 0 N–H and O–H groups in total. The van der Waals surface area contributed by atoms with Crippen molar-refractivity contribution in [3.63, 3.8) is 0 Å². The van der Waals surface area contributed by atoms with Gasteiger partial charge in [-0.15, -0.1) is 0 Å². The summed E-state index contributed by atoms with van der Waals surface area (Å²) in [5.74, 6) is 0.233. The van der Waals surface area contributed by atoms with Crippen LogP contribution in [-0.2, 0) is 26.4 Å². The van der Waals surface area contributed by atoms with Gasteiger partial charge in [-0.2, -0.15) is 0 Å². The van der Waals surface area contributed by atoms with Crippen molar-refractivity contribution in [1.82, 2.24) is 19.1 Å². The van der Waals surface area contributed by atoms with E-state index >= 15 is 0 Å². The van der Waals surface area contributed by atoms with Crippen LogP contribution in [0, 0.1) is 5.92 Å². The first-order chi connectivity index (χ1) is 15.4. The first kappa shape index (κ1) is 21.9. The van der Waals surface area contributed by atoms with Crippen LogP contribution >= 0.6 is 0 Å². The Morgan fingerprint density at radius 3 is 2.47 bits per heavy atom. The fraction of sp³-hybridized carbons (Fsp3) is 0.385. The molecule has 0 atom stereocenters. The van der Waals surface area contributed by atoms with Crippen molar-refractivity contribution in [2.24, 2.45) is 13.0 Å². The highest BCUT2D eigenvalue weighted by atomic mass is 16.2. The number of hydrogen-bond acceptors (Lipinski definition) is 4. The second-order valence-corrected chi connectivity index (χ2v) is 8.86. The molecule has 2 aromatic carbocycles. The van der Waals surface area contributed by atoms with Gasteiger partial charge in [-0.25, -0.2) is 14.8 Å². The zero-order valence-electron chi connectivity index (χ0n) is 19.3. The highest BCUT2D eigenvalue weighted by molar-refractivity contribution is 5.86. The number of unbranched alkanes of at least 4 members (excludes halogenated alkanes) is 1. The molecule has 0 aliphatic rings. The third-order valence-electron chi connectivity index (χ3n) is 5.87. The molecular weight excluding hydrogens is 400 g/mol. The molecule has 0 amide bonds. The molecule has 0 saturated heterocycles. The van der Waals surface area contributed by atoms with E-state index in [0.29, 0.717) is 18.6 Å². The van der Waals surface area contributed by atoms with Gasteiger partial charge in [-0.3, -0.25) is 13.9 Å². The lowest BCUT2D eigenvalue weighted by Gasteiger charge is -2.16. The number of hydrogen-bond donors (Lipinski definition) is 0. The molecular formula is C26H30N4O2. The van der Waals surface area contributed by atoms with E-state index in [-0.39, 0.29) is 22.7 Å². The maximum atomic E-state index is 12.9. The van der Waals surface area contributed by atoms with Gasteiger partial charge in [0, 0.05) is 20.0 Å². The molecule has 0 aliphatic heterocycles. The molecule has 0 spiro atoms. The van der Waals surface area contributed by atoms with Crippen molar-refractivity contribution in [3.05, 3.63) is 80.3 Å². The Labute approximate surface area is 187 Å². The van der Waals surface area contributed by atoms with Crippen LogP contribution in [0.3, 0.4) is 0 Å². The van der Waals surface area contributed by atoms with E-state index in [1.165, 1.54) is 17.8 Å². The SMILES string of the molecule is CCCCc1nc2c(=O)n(C)c(=O)n(CC(C)C)c2nc1Cc1cccc2ccccc12. The Balaban J connectivity index is 1.96. The third kappa shape index (κ3) is 4.09. The third-order valence-corrected chi connectivity index (χ3v) is 5.87. The minimum absolute atomic E-state index is 0.233. The Morgan fingerprint density at radius 1 is 0.969 bits per heavy atom. The second kappa shape index (κ2) is 9.07. The Kier molecular flexibility index (Phi) is 6.21. The van der Waals surface area contributed by atoms with E-state index in [1.54, 1.807) is 4.57 Å². The summed E-state index contributed by atoms with van der Waals surface area (Å²) in [6.45, 7) is 6.71. The van der Waals surface area contributed by atoms with Crippen LogP contribution in [0.25, 0.3) is 21.9 Å². The molecule has 4 aromatic rings. The largest absolute Gasteiger partial charge is 0.332 e. The van der Waals surface area contributed by atoms with Crippen LogP contribution < -0.4 is 11.2 Å². The normalized spacial score (nSPS) is 11.7. The first-order valence-corrected chi connectivity index (χ1v) is 11.4. The molecule has 0 radical (unpaired) electrons. The zero-order chi connectivity index (χ0) is 22.8. The fourth-order valence-corrected chi connectivity index (χ4v) is 4.19. The van der Waals surface area contributed by atoms with E-state index in [9.17, 15) is 9.59 Å². The minimum atomic E-state index is -0.382. The van der Waals surface area contributed by atoms with Gasteiger partial charge in [0.25, 0.3) is 5.56 Å². The number of rotatable bonds is 7. The molecule has 6 nitrogen and oxygen atoms in total. The Hall–Kier alpha value is -3.28. The van der Waals surface area contributed by atoms with Gasteiger partial charge < -0.3 is 0 Å². The Morgan fingerprint density at radius 2 is 1.72 bits per heavy atom. The molecule has 2 heterocycles. The van der Waals surface area contributed by atoms with Gasteiger partial charge in [0.2, 0.25) is 0 Å². The highest BCUT2D eigenvalue weighted by Gasteiger charge is 2.18. The van der Waals surface area contributed by atoms with Crippen molar-refractivity contribution in [2.75, 3.05) is 0 Å². The molecule has 2 aromatic heterocycles. The second-order valence-electron chi connectivity index (χ2n) is 8.86. The number of fused-ring (bicyclic) bond motifs is 2. The number of nitrogens with zero attached hydrogens (tertiary/aromatic N) is 4. The summed E-state index contributed by atoms with van der Waals surface area (Å²) in [5.41, 5.74) is 2.79. The maximum absolute atomic E-state index is 12.9. The van der Waals surface area contributed by atoms with Crippen molar-refractivity contribution in [2.45, 2.75) is 53.0 Å². The summed E-state index contributed by atoms with van der Waals surface area (Å²) in [7, 11) is 1.51. The maximum Gasteiger partial charge on any atom is 0.332 e. The average molecular weight is 431 g/mol. The summed E-state index contributed by atoms with van der Waals surface area (Å²) in [4.78, 5) is 35.5. The molecule has 0 saturated carbocycles. The molecule has 0 aliphatic carbocycles. The lowest BCUT2D eigenvalue weighted by Crippen LogP contribution is -2.40. The highest BCUT2D eigenvalue weighted by Crippen LogP contribution is 2.23. The lowest BCUT2D eigenvalue weighted by molar-refractivity contribution is 0.498. The van der Waals surface area contributed by atoms with Crippen molar-refractivity contribution in [3.8, 4) is 0 Å². The van der Waals surface area contributed by atoms with Crippen molar-refractivity contribution < 1.29 is 0 Å². The van der Waals surface area contributed by atoms with E-state index < -0.39 is 0 Å². The number of aromatic nitrogens is 4. The summed E-state index contributed by atoms with van der Waals surface area (Å²) >= 11 is 0. The molecule has 0 bridgehead atoms. The van der Waals surface area contributed by atoms with Gasteiger partial charge >= 0.3 is 5.69 Å². The standard InChI is InChI=1S/C26H30N4O2/c1-5-6-14-21-22(15-19-12-9-11-18-10-7-8-13-20(18)19)28-24-23(27-21)25(31)29(4)26(32)30(24)16-17(2)3/h7-13,17H,5-6,14-16H2,1-4H3. The summed E-state index contributed by atoms with van der Waals surface area (Å²) < 4.78 is 2.75. The van der Waals surface area contributed by atoms with Crippen LogP contribution in [0.4, 0.5) is 0 Å². The molecule has 6 heteroatoms. The van der Waals surface area contributed by atoms with E-state index in [1.807, 2.05) is 26.0 Å². The fourth-order valence-electron chi connectivity index (χ4n) is 4.19. The number of benzene rings is 2. The summed E-state index contributed by atoms with van der Waals surface area (Å²) in [6.07, 6.45) is 3.35. The minimum Gasteiger partial charge on any atom is -0.276 e. The summed E-state index contributed by atoms with van der Waals surface area (Å²) in [5, 5.41) is 2.36. The number of aryl methyl sites for hydroxylation is 1. The van der Waals surface area contributed by atoms with Crippen molar-refractivity contribution in [1.29, 1.82) is 0 Å². The molecule has 32 heavy (non-hydrogen) atoms. The van der Waals surface area contributed by atoms with Crippen molar-refractivity contribution >= 4 is 21.9 Å². The van der Waals surface area contributed by atoms with Gasteiger partial charge in [0.1, 0.15) is 0 Å². The van der Waals surface area contributed by atoms with Crippen LogP contribution in [0.2, 0.25) is 0 Å². The van der Waals surface area contributed by atoms with Crippen LogP contribution in [0.15, 0.2) is 52.1 Å². The molecule has 0 unspecified atom stereocenters. The molecule has 4 rings (SSSR count). The van der Waals surface area contributed by atoms with Gasteiger partial charge in [0.05, 0.1) is 11.4 Å². The lowest BCUT2D eigenvalue weighted by atomic mass is 9.99. The predicted molar refractivity (Wildman–Crippen MR) is 129 cm³/mol. The predicted octanol–water partition coefficient (Wildman–Crippen LogP) is 4.23. The zero-order valence-corrected chi connectivity index (χ0v) is 19.3. The van der Waals surface area contributed by atoms with Gasteiger partial charge in [-0.1, -0.05) is 69.7 Å². The van der Waals surface area contributed by atoms with Crippen LogP contribution in [0.1, 0.15) is 50.6 Å². The van der Waals surface area contributed by atoms with Gasteiger partial charge in [-0.05, 0) is 35.1 Å².